The second-order valence-corrected chi connectivity index (χ2v) is 7.78. The standard InChI is InChI=1S/C23H29FO4/c1-5-6-16-7-10-19(20(24)13-16)17-8-9-18(15-25)21(14-17)27-11-12-28-22(26)23(2,3)4/h7-10,13-14,25H,5-6,11-12,15H2,1-4H3. The monoisotopic (exact) mass is 388 g/mol. The molecule has 2 aromatic carbocycles. The number of esters is 1. The number of carbonyl (C=O) groups excluding carboxylic acids is 1. The predicted molar refractivity (Wildman–Crippen MR) is 108 cm³/mol. The van der Waals surface area contributed by atoms with Gasteiger partial charge in [0.2, 0.25) is 0 Å². The zero-order valence-electron chi connectivity index (χ0n) is 17.0. The molecular weight excluding hydrogens is 359 g/mol. The van der Waals surface area contributed by atoms with Gasteiger partial charge in [-0.25, -0.2) is 4.39 Å². The molecule has 0 bridgehead atoms. The fourth-order valence-corrected chi connectivity index (χ4v) is 2.73. The van der Waals surface area contributed by atoms with Crippen LogP contribution in [-0.4, -0.2) is 24.3 Å². The van der Waals surface area contributed by atoms with Gasteiger partial charge < -0.3 is 14.6 Å². The first-order valence-electron chi connectivity index (χ1n) is 9.59. The topological polar surface area (TPSA) is 55.8 Å². The highest BCUT2D eigenvalue weighted by atomic mass is 19.1. The van der Waals surface area contributed by atoms with E-state index < -0.39 is 5.41 Å². The lowest BCUT2D eigenvalue weighted by molar-refractivity contribution is -0.153. The fraction of sp³-hybridized carbons (Fsp3) is 0.435. The molecule has 0 saturated heterocycles. The molecule has 5 heteroatoms. The molecule has 0 aliphatic heterocycles. The molecular formula is C23H29FO4. The highest BCUT2D eigenvalue weighted by Gasteiger charge is 2.22. The molecule has 0 saturated carbocycles. The van der Waals surface area contributed by atoms with Gasteiger partial charge in [0.25, 0.3) is 0 Å². The first-order chi connectivity index (χ1) is 13.3. The Morgan fingerprint density at radius 2 is 1.86 bits per heavy atom. The highest BCUT2D eigenvalue weighted by Crippen LogP contribution is 2.30. The van der Waals surface area contributed by atoms with Crippen molar-refractivity contribution in [2.24, 2.45) is 5.41 Å². The smallest absolute Gasteiger partial charge is 0.311 e. The van der Waals surface area contributed by atoms with Gasteiger partial charge in [0.1, 0.15) is 24.8 Å². The van der Waals surface area contributed by atoms with E-state index in [1.807, 2.05) is 6.07 Å². The third kappa shape index (κ3) is 5.80. The Kier molecular flexibility index (Phi) is 7.58. The molecule has 0 aliphatic carbocycles. The number of hydrogen-bond donors (Lipinski definition) is 1. The summed E-state index contributed by atoms with van der Waals surface area (Å²) in [6, 6.07) is 10.4. The molecule has 0 aliphatic rings. The molecule has 0 unspecified atom stereocenters. The number of hydrogen-bond acceptors (Lipinski definition) is 4. The van der Waals surface area contributed by atoms with Crippen molar-refractivity contribution in [3.63, 3.8) is 0 Å². The van der Waals surface area contributed by atoms with Crippen LogP contribution in [-0.2, 0) is 22.6 Å². The van der Waals surface area contributed by atoms with Crippen LogP contribution in [0.5, 0.6) is 5.75 Å². The molecule has 0 atom stereocenters. The van der Waals surface area contributed by atoms with Crippen LogP contribution >= 0.6 is 0 Å². The Bertz CT molecular complexity index is 809. The van der Waals surface area contributed by atoms with Gasteiger partial charge in [0.05, 0.1) is 12.0 Å². The molecule has 0 spiro atoms. The lowest BCUT2D eigenvalue weighted by Crippen LogP contribution is -2.25. The van der Waals surface area contributed by atoms with Crippen molar-refractivity contribution < 1.29 is 23.8 Å². The maximum atomic E-state index is 14.5. The van der Waals surface area contributed by atoms with E-state index in [1.165, 1.54) is 0 Å². The Balaban J connectivity index is 2.12. The number of rotatable bonds is 8. The molecule has 0 radical (unpaired) electrons. The third-order valence-electron chi connectivity index (χ3n) is 4.31. The second kappa shape index (κ2) is 9.69. The number of halogens is 1. The Labute approximate surface area is 166 Å². The fourth-order valence-electron chi connectivity index (χ4n) is 2.73. The summed E-state index contributed by atoms with van der Waals surface area (Å²) >= 11 is 0. The summed E-state index contributed by atoms with van der Waals surface area (Å²) in [4.78, 5) is 11.8. The zero-order valence-corrected chi connectivity index (χ0v) is 17.0. The zero-order chi connectivity index (χ0) is 20.7. The number of aryl methyl sites for hydroxylation is 1. The minimum Gasteiger partial charge on any atom is -0.490 e. The van der Waals surface area contributed by atoms with Crippen molar-refractivity contribution in [3.05, 3.63) is 53.3 Å². The van der Waals surface area contributed by atoms with Crippen molar-refractivity contribution >= 4 is 5.97 Å². The molecule has 1 N–H and O–H groups in total. The highest BCUT2D eigenvalue weighted by molar-refractivity contribution is 5.75. The van der Waals surface area contributed by atoms with Gasteiger partial charge in [0.15, 0.2) is 0 Å². The lowest BCUT2D eigenvalue weighted by Gasteiger charge is -2.17. The number of aliphatic hydroxyl groups is 1. The molecule has 0 amide bonds. The maximum absolute atomic E-state index is 14.5. The maximum Gasteiger partial charge on any atom is 0.311 e. The van der Waals surface area contributed by atoms with Crippen LogP contribution in [0.15, 0.2) is 36.4 Å². The van der Waals surface area contributed by atoms with E-state index in [-0.39, 0.29) is 31.6 Å². The van der Waals surface area contributed by atoms with Crippen LogP contribution in [0.1, 0.15) is 45.2 Å². The molecule has 28 heavy (non-hydrogen) atoms. The molecule has 0 heterocycles. The van der Waals surface area contributed by atoms with Gasteiger partial charge >= 0.3 is 5.97 Å². The van der Waals surface area contributed by atoms with Crippen LogP contribution in [0, 0.1) is 11.2 Å². The quantitative estimate of drug-likeness (QED) is 0.516. The van der Waals surface area contributed by atoms with E-state index in [4.69, 9.17) is 9.47 Å². The number of aliphatic hydroxyl groups excluding tert-OH is 1. The average Bonchev–Trinajstić information content (AvgIpc) is 2.64. The molecule has 4 nitrogen and oxygen atoms in total. The number of ether oxygens (including phenoxy) is 2. The largest absolute Gasteiger partial charge is 0.490 e. The van der Waals surface area contributed by atoms with Crippen molar-refractivity contribution in [3.8, 4) is 16.9 Å². The van der Waals surface area contributed by atoms with Gasteiger partial charge in [0, 0.05) is 11.1 Å². The summed E-state index contributed by atoms with van der Waals surface area (Å²) in [5.74, 6) is -0.141. The van der Waals surface area contributed by atoms with Crippen LogP contribution in [0.2, 0.25) is 0 Å². The van der Waals surface area contributed by atoms with E-state index >= 15 is 0 Å². The minimum absolute atomic E-state index is 0.102. The number of carbonyl (C=O) groups is 1. The van der Waals surface area contributed by atoms with E-state index in [1.54, 1.807) is 51.1 Å². The van der Waals surface area contributed by atoms with Crippen molar-refractivity contribution in [1.82, 2.24) is 0 Å². The van der Waals surface area contributed by atoms with Gasteiger partial charge in [-0.15, -0.1) is 0 Å². The van der Waals surface area contributed by atoms with Gasteiger partial charge in [-0.05, 0) is 50.5 Å². The molecule has 0 fully saturated rings. The van der Waals surface area contributed by atoms with Crippen LogP contribution in [0.3, 0.4) is 0 Å². The van der Waals surface area contributed by atoms with Crippen molar-refractivity contribution in [1.29, 1.82) is 0 Å². The van der Waals surface area contributed by atoms with E-state index in [2.05, 4.69) is 6.92 Å². The summed E-state index contributed by atoms with van der Waals surface area (Å²) < 4.78 is 25.4. The summed E-state index contributed by atoms with van der Waals surface area (Å²) in [6.07, 6.45) is 1.80. The lowest BCUT2D eigenvalue weighted by atomic mass is 9.97. The Hall–Kier alpha value is -2.40. The first kappa shape index (κ1) is 21.9. The SMILES string of the molecule is CCCc1ccc(-c2ccc(CO)c(OCCOC(=O)C(C)(C)C)c2)c(F)c1. The summed E-state index contributed by atoms with van der Waals surface area (Å²) in [6.45, 7) is 7.45. The van der Waals surface area contributed by atoms with Crippen LogP contribution in [0.25, 0.3) is 11.1 Å². The van der Waals surface area contributed by atoms with Crippen molar-refractivity contribution in [2.75, 3.05) is 13.2 Å². The Morgan fingerprint density at radius 3 is 2.46 bits per heavy atom. The van der Waals surface area contributed by atoms with Crippen LogP contribution < -0.4 is 4.74 Å². The summed E-state index contributed by atoms with van der Waals surface area (Å²) in [5, 5.41) is 9.54. The third-order valence-corrected chi connectivity index (χ3v) is 4.31. The van der Waals surface area contributed by atoms with E-state index in [0.29, 0.717) is 22.4 Å². The molecule has 0 aromatic heterocycles. The van der Waals surface area contributed by atoms with Gasteiger partial charge in [-0.1, -0.05) is 37.6 Å². The molecule has 152 valence electrons. The number of benzene rings is 2. The normalized spacial score (nSPS) is 11.4. The van der Waals surface area contributed by atoms with Gasteiger partial charge in [-0.3, -0.25) is 4.79 Å². The predicted octanol–water partition coefficient (Wildman–Crippen LogP) is 4.91. The summed E-state index contributed by atoms with van der Waals surface area (Å²) in [7, 11) is 0. The first-order valence-corrected chi connectivity index (χ1v) is 9.59. The second-order valence-electron chi connectivity index (χ2n) is 7.78. The van der Waals surface area contributed by atoms with Crippen LogP contribution in [0.4, 0.5) is 4.39 Å². The van der Waals surface area contributed by atoms with Gasteiger partial charge in [-0.2, -0.15) is 0 Å². The Morgan fingerprint density at radius 1 is 1.11 bits per heavy atom. The average molecular weight is 388 g/mol. The van der Waals surface area contributed by atoms with E-state index in [0.717, 1.165) is 18.4 Å². The minimum atomic E-state index is -0.572. The molecule has 2 rings (SSSR count). The summed E-state index contributed by atoms with van der Waals surface area (Å²) in [5.41, 5.74) is 2.13. The molecule has 2 aromatic rings. The van der Waals surface area contributed by atoms with Crippen molar-refractivity contribution in [2.45, 2.75) is 47.1 Å². The van der Waals surface area contributed by atoms with E-state index in [9.17, 15) is 14.3 Å².